The smallest absolute Gasteiger partial charge is 0.125 e. The molecule has 0 fully saturated rings. The number of thiophene rings is 1. The Balaban J connectivity index is 1.55. The molecule has 26 heavy (non-hydrogen) atoms. The number of benzene rings is 2. The Hall–Kier alpha value is -2.82. The van der Waals surface area contributed by atoms with Gasteiger partial charge in [-0.3, -0.25) is 0 Å². The Morgan fingerprint density at radius 1 is 0.654 bits per heavy atom. The molecule has 120 valence electrons. The molecule has 3 aromatic heterocycles. The lowest BCUT2D eigenvalue weighted by Gasteiger charge is -2.05. The van der Waals surface area contributed by atoms with Gasteiger partial charge in [0.05, 0.1) is 27.3 Å². The van der Waals surface area contributed by atoms with Crippen LogP contribution in [-0.4, -0.2) is 19.5 Å². The average molecular weight is 365 g/mol. The van der Waals surface area contributed by atoms with Gasteiger partial charge >= 0.3 is 0 Å². The van der Waals surface area contributed by atoms with Crippen molar-refractivity contribution in [2.45, 2.75) is 0 Å². The molecule has 0 atom stereocenters. The second kappa shape index (κ2) is 5.33. The van der Waals surface area contributed by atoms with E-state index in [1.165, 1.54) is 30.7 Å². The predicted molar refractivity (Wildman–Crippen MR) is 111 cm³/mol. The molecule has 2 radical (unpaired) electrons. The summed E-state index contributed by atoms with van der Waals surface area (Å²) in [6.07, 6.45) is 0. The summed E-state index contributed by atoms with van der Waals surface area (Å²) in [5.41, 5.74) is 5.35. The van der Waals surface area contributed by atoms with Crippen LogP contribution in [0.2, 0.25) is 0 Å². The quantitative estimate of drug-likeness (QED) is 0.410. The molecule has 1 aliphatic rings. The van der Waals surface area contributed by atoms with Gasteiger partial charge < -0.3 is 0 Å². The van der Waals surface area contributed by atoms with Crippen LogP contribution in [0.5, 0.6) is 0 Å². The Morgan fingerprint density at radius 3 is 2.46 bits per heavy atom. The summed E-state index contributed by atoms with van der Waals surface area (Å²) in [5.74, 6) is 0. The highest BCUT2D eigenvalue weighted by Gasteiger charge is 2.21. The summed E-state index contributed by atoms with van der Waals surface area (Å²) in [6.45, 7) is 0. The van der Waals surface area contributed by atoms with Gasteiger partial charge in [0.1, 0.15) is 9.52 Å². The number of aromatic nitrogens is 2. The Bertz CT molecular complexity index is 1320. The summed E-state index contributed by atoms with van der Waals surface area (Å²) < 4.78 is 2.51. The zero-order chi connectivity index (χ0) is 17.1. The van der Waals surface area contributed by atoms with Crippen LogP contribution in [-0.2, 0) is 0 Å². The first-order valence-corrected chi connectivity index (χ1v) is 10.3. The van der Waals surface area contributed by atoms with Crippen molar-refractivity contribution in [3.8, 4) is 22.6 Å². The molecule has 4 heterocycles. The molecular formula is C22H12N2SSi. The number of hydrogen-bond acceptors (Lipinski definition) is 3. The van der Waals surface area contributed by atoms with E-state index >= 15 is 0 Å². The standard InChI is InChI=1S/C22H12N2SSi/c1-3-7-17-13(5-1)21-18(25-17)11-9-15(23-21)16-10-12-20-22(24-16)14-6-2-4-8-19(14)26-20/h1-12H. The lowest BCUT2D eigenvalue weighted by molar-refractivity contribution is 1.30. The van der Waals surface area contributed by atoms with Crippen LogP contribution in [0.4, 0.5) is 0 Å². The zero-order valence-corrected chi connectivity index (χ0v) is 15.5. The Kier molecular flexibility index (Phi) is 2.95. The normalized spacial score (nSPS) is 12.5. The van der Waals surface area contributed by atoms with Crippen LogP contribution < -0.4 is 10.4 Å². The van der Waals surface area contributed by atoms with Gasteiger partial charge in [0, 0.05) is 10.1 Å². The van der Waals surface area contributed by atoms with Crippen LogP contribution in [0.1, 0.15) is 0 Å². The third-order valence-corrected chi connectivity index (χ3v) is 7.33. The molecule has 0 bridgehead atoms. The van der Waals surface area contributed by atoms with Crippen molar-refractivity contribution in [3.63, 3.8) is 0 Å². The predicted octanol–water partition coefficient (Wildman–Crippen LogP) is 4.15. The van der Waals surface area contributed by atoms with Crippen molar-refractivity contribution in [1.82, 2.24) is 9.97 Å². The summed E-state index contributed by atoms with van der Waals surface area (Å²) in [7, 11) is 0.700. The summed E-state index contributed by atoms with van der Waals surface area (Å²) in [5, 5.41) is 3.94. The average Bonchev–Trinajstić information content (AvgIpc) is 3.25. The summed E-state index contributed by atoms with van der Waals surface area (Å²) in [4.78, 5) is 9.95. The first-order valence-electron chi connectivity index (χ1n) is 8.53. The van der Waals surface area contributed by atoms with Gasteiger partial charge in [-0.05, 0) is 40.2 Å². The van der Waals surface area contributed by atoms with E-state index in [4.69, 9.17) is 9.97 Å². The van der Waals surface area contributed by atoms with Crippen molar-refractivity contribution in [1.29, 1.82) is 0 Å². The minimum atomic E-state index is 0.700. The molecule has 1 aliphatic heterocycles. The lowest BCUT2D eigenvalue weighted by atomic mass is 10.1. The summed E-state index contributed by atoms with van der Waals surface area (Å²) >= 11 is 1.79. The minimum Gasteiger partial charge on any atom is -0.246 e. The molecule has 2 aromatic carbocycles. The topological polar surface area (TPSA) is 25.8 Å². The maximum absolute atomic E-state index is 4.98. The van der Waals surface area contributed by atoms with E-state index in [1.807, 2.05) is 0 Å². The van der Waals surface area contributed by atoms with Gasteiger partial charge in [-0.25, -0.2) is 9.97 Å². The van der Waals surface area contributed by atoms with E-state index in [0.717, 1.165) is 22.6 Å². The van der Waals surface area contributed by atoms with Crippen LogP contribution in [0.25, 0.3) is 42.9 Å². The number of hydrogen-bond donors (Lipinski definition) is 0. The van der Waals surface area contributed by atoms with Gasteiger partial charge in [0.25, 0.3) is 0 Å². The molecule has 0 unspecified atom stereocenters. The van der Waals surface area contributed by atoms with E-state index in [1.54, 1.807) is 11.3 Å². The van der Waals surface area contributed by atoms with Gasteiger partial charge in [0.15, 0.2) is 0 Å². The fraction of sp³-hybridized carbons (Fsp3) is 0. The van der Waals surface area contributed by atoms with E-state index in [2.05, 4.69) is 72.8 Å². The molecule has 4 heteroatoms. The SMILES string of the molecule is c1ccc2c(c1)[Si]c1ccc(-c3ccc4sc5ccccc5c4n3)nc1-2. The minimum absolute atomic E-state index is 0.700. The second-order valence-electron chi connectivity index (χ2n) is 6.40. The van der Waals surface area contributed by atoms with Crippen molar-refractivity contribution in [2.75, 3.05) is 0 Å². The lowest BCUT2D eigenvalue weighted by Crippen LogP contribution is -2.20. The maximum Gasteiger partial charge on any atom is 0.125 e. The van der Waals surface area contributed by atoms with Crippen LogP contribution in [0, 0.1) is 0 Å². The van der Waals surface area contributed by atoms with Crippen molar-refractivity contribution in [2.24, 2.45) is 0 Å². The Labute approximate surface area is 157 Å². The van der Waals surface area contributed by atoms with Gasteiger partial charge in [-0.2, -0.15) is 0 Å². The van der Waals surface area contributed by atoms with Gasteiger partial charge in [-0.15, -0.1) is 11.3 Å². The second-order valence-corrected chi connectivity index (χ2v) is 8.82. The molecule has 5 aromatic rings. The van der Waals surface area contributed by atoms with Crippen LogP contribution >= 0.6 is 11.3 Å². The molecule has 6 rings (SSSR count). The van der Waals surface area contributed by atoms with Gasteiger partial charge in [-0.1, -0.05) is 48.5 Å². The molecule has 0 spiro atoms. The van der Waals surface area contributed by atoms with E-state index < -0.39 is 0 Å². The van der Waals surface area contributed by atoms with Crippen molar-refractivity contribution in [3.05, 3.63) is 72.8 Å². The highest BCUT2D eigenvalue weighted by atomic mass is 32.1. The van der Waals surface area contributed by atoms with Crippen LogP contribution in [0.15, 0.2) is 72.8 Å². The molecule has 0 N–H and O–H groups in total. The first kappa shape index (κ1) is 14.4. The van der Waals surface area contributed by atoms with E-state index in [-0.39, 0.29) is 0 Å². The summed E-state index contributed by atoms with van der Waals surface area (Å²) in [6, 6.07) is 25.6. The first-order chi connectivity index (χ1) is 12.9. The van der Waals surface area contributed by atoms with Crippen molar-refractivity contribution < 1.29 is 0 Å². The molecule has 0 saturated carbocycles. The monoisotopic (exact) mass is 364 g/mol. The molecule has 2 nitrogen and oxygen atoms in total. The highest BCUT2D eigenvalue weighted by molar-refractivity contribution is 7.25. The van der Waals surface area contributed by atoms with Crippen LogP contribution in [0.3, 0.4) is 0 Å². The number of rotatable bonds is 1. The third kappa shape index (κ3) is 2.03. The highest BCUT2D eigenvalue weighted by Crippen LogP contribution is 2.34. The van der Waals surface area contributed by atoms with Crippen molar-refractivity contribution >= 4 is 51.5 Å². The largest absolute Gasteiger partial charge is 0.246 e. The van der Waals surface area contributed by atoms with E-state index in [9.17, 15) is 0 Å². The molecule has 0 aliphatic carbocycles. The molecular weight excluding hydrogens is 352 g/mol. The Morgan fingerprint density at radius 2 is 1.46 bits per heavy atom. The maximum atomic E-state index is 4.98. The number of fused-ring (bicyclic) bond motifs is 6. The number of pyridine rings is 2. The van der Waals surface area contributed by atoms with Gasteiger partial charge in [0.2, 0.25) is 0 Å². The fourth-order valence-corrected chi connectivity index (χ4v) is 5.91. The fourth-order valence-electron chi connectivity index (χ4n) is 3.59. The third-order valence-electron chi connectivity index (χ3n) is 4.83. The molecule has 0 amide bonds. The molecule has 0 saturated heterocycles. The number of nitrogens with zero attached hydrogens (tertiary/aromatic N) is 2. The van der Waals surface area contributed by atoms with E-state index in [0.29, 0.717) is 9.52 Å². The zero-order valence-electron chi connectivity index (χ0n) is 13.7.